The van der Waals surface area contributed by atoms with E-state index in [9.17, 15) is 4.79 Å². The van der Waals surface area contributed by atoms with E-state index < -0.39 is 0 Å². The Kier molecular flexibility index (Phi) is 4.35. The van der Waals surface area contributed by atoms with E-state index in [0.29, 0.717) is 0 Å². The van der Waals surface area contributed by atoms with Crippen molar-refractivity contribution < 1.29 is 4.79 Å². The van der Waals surface area contributed by atoms with Crippen molar-refractivity contribution in [1.29, 1.82) is 0 Å². The monoisotopic (exact) mass is 274 g/mol. The summed E-state index contributed by atoms with van der Waals surface area (Å²) < 4.78 is 0. The van der Waals surface area contributed by atoms with Gasteiger partial charge < -0.3 is 10.6 Å². The van der Waals surface area contributed by atoms with Gasteiger partial charge in [0.25, 0.3) is 0 Å². The van der Waals surface area contributed by atoms with E-state index in [1.165, 1.54) is 5.56 Å². The van der Waals surface area contributed by atoms with Crippen molar-refractivity contribution in [3.05, 3.63) is 57.8 Å². The summed E-state index contributed by atoms with van der Waals surface area (Å²) in [6.07, 6.45) is 0.836. The van der Waals surface area contributed by atoms with Gasteiger partial charge in [-0.25, -0.2) is 0 Å². The lowest BCUT2D eigenvalue weighted by Crippen LogP contribution is -2.32. The van der Waals surface area contributed by atoms with Gasteiger partial charge in [-0.2, -0.15) is 0 Å². The predicted molar refractivity (Wildman–Crippen MR) is 79.0 cm³/mol. The number of thiophene rings is 1. The van der Waals surface area contributed by atoms with Crippen LogP contribution < -0.4 is 5.73 Å². The maximum atomic E-state index is 11.1. The van der Waals surface area contributed by atoms with Crippen LogP contribution in [-0.4, -0.2) is 18.4 Å². The van der Waals surface area contributed by atoms with Crippen molar-refractivity contribution in [3.63, 3.8) is 0 Å². The van der Waals surface area contributed by atoms with Crippen LogP contribution in [0.5, 0.6) is 0 Å². The van der Waals surface area contributed by atoms with E-state index in [0.717, 1.165) is 16.9 Å². The molecule has 0 aliphatic rings. The highest BCUT2D eigenvalue weighted by molar-refractivity contribution is 7.10. The molecule has 0 radical (unpaired) electrons. The van der Waals surface area contributed by atoms with Crippen molar-refractivity contribution in [3.8, 4) is 0 Å². The summed E-state index contributed by atoms with van der Waals surface area (Å²) in [5.41, 5.74) is 8.60. The average molecular weight is 274 g/mol. The van der Waals surface area contributed by atoms with Gasteiger partial charge >= 0.3 is 0 Å². The zero-order valence-corrected chi connectivity index (χ0v) is 11.9. The zero-order valence-electron chi connectivity index (χ0n) is 11.1. The molecule has 3 nitrogen and oxygen atoms in total. The van der Waals surface area contributed by atoms with Gasteiger partial charge in [0, 0.05) is 11.9 Å². The number of benzene rings is 1. The fourth-order valence-corrected chi connectivity index (χ4v) is 3.26. The molecule has 0 aliphatic heterocycles. The Balaban J connectivity index is 2.35. The summed E-state index contributed by atoms with van der Waals surface area (Å²) in [5.74, 6) is 0. The quantitative estimate of drug-likeness (QED) is 0.852. The van der Waals surface area contributed by atoms with E-state index in [1.54, 1.807) is 23.3 Å². The summed E-state index contributed by atoms with van der Waals surface area (Å²) in [6.45, 7) is 2.05. The molecule has 2 atom stereocenters. The number of hydrogen-bond donors (Lipinski definition) is 1. The van der Waals surface area contributed by atoms with Gasteiger partial charge in [-0.3, -0.25) is 4.79 Å². The largest absolute Gasteiger partial charge is 0.339 e. The molecular formula is C15H18N2OS. The first-order chi connectivity index (χ1) is 9.13. The SMILES string of the molecule is Cc1csc(C(C(N)c2ccccc2)N(C)C=O)c1. The van der Waals surface area contributed by atoms with Crippen molar-refractivity contribution in [2.24, 2.45) is 5.73 Å². The number of nitrogens with zero attached hydrogens (tertiary/aromatic N) is 1. The molecular weight excluding hydrogens is 256 g/mol. The van der Waals surface area contributed by atoms with Gasteiger partial charge in [0.15, 0.2) is 0 Å². The van der Waals surface area contributed by atoms with Crippen LogP contribution in [0.25, 0.3) is 0 Å². The lowest BCUT2D eigenvalue weighted by molar-refractivity contribution is -0.119. The molecule has 0 aliphatic carbocycles. The fraction of sp³-hybridized carbons (Fsp3) is 0.267. The molecule has 100 valence electrons. The van der Waals surface area contributed by atoms with Crippen LogP contribution in [0, 0.1) is 6.92 Å². The molecule has 4 heteroatoms. The molecule has 2 unspecified atom stereocenters. The summed E-state index contributed by atoms with van der Waals surface area (Å²) in [5, 5.41) is 2.08. The number of aryl methyl sites for hydroxylation is 1. The number of carbonyl (C=O) groups excluding carboxylic acids is 1. The van der Waals surface area contributed by atoms with E-state index in [2.05, 4.69) is 11.4 Å². The normalized spacial score (nSPS) is 13.8. The van der Waals surface area contributed by atoms with E-state index in [-0.39, 0.29) is 12.1 Å². The van der Waals surface area contributed by atoms with Crippen LogP contribution in [-0.2, 0) is 4.79 Å². The van der Waals surface area contributed by atoms with Gasteiger partial charge in [-0.1, -0.05) is 30.3 Å². The highest BCUT2D eigenvalue weighted by Gasteiger charge is 2.26. The maximum absolute atomic E-state index is 11.1. The second kappa shape index (κ2) is 5.99. The number of likely N-dealkylation sites (N-methyl/N-ethyl adjacent to an activating group) is 1. The highest BCUT2D eigenvalue weighted by Crippen LogP contribution is 2.34. The van der Waals surface area contributed by atoms with Crippen molar-refractivity contribution in [2.45, 2.75) is 19.0 Å². The Morgan fingerprint density at radius 2 is 2.00 bits per heavy atom. The first-order valence-electron chi connectivity index (χ1n) is 6.16. The second-order valence-corrected chi connectivity index (χ2v) is 5.62. The smallest absolute Gasteiger partial charge is 0.210 e. The third-order valence-corrected chi connectivity index (χ3v) is 4.29. The first-order valence-corrected chi connectivity index (χ1v) is 7.04. The molecule has 0 saturated carbocycles. The molecule has 0 fully saturated rings. The Labute approximate surface area is 117 Å². The molecule has 1 heterocycles. The van der Waals surface area contributed by atoms with Crippen LogP contribution in [0.3, 0.4) is 0 Å². The molecule has 19 heavy (non-hydrogen) atoms. The summed E-state index contributed by atoms with van der Waals surface area (Å²) in [4.78, 5) is 13.9. The number of amides is 1. The first kappa shape index (κ1) is 13.8. The third-order valence-electron chi connectivity index (χ3n) is 3.17. The minimum atomic E-state index is -0.227. The molecule has 0 saturated heterocycles. The lowest BCUT2D eigenvalue weighted by atomic mass is 9.98. The third kappa shape index (κ3) is 3.03. The molecule has 0 bridgehead atoms. The zero-order chi connectivity index (χ0) is 13.8. The Morgan fingerprint density at radius 3 is 2.53 bits per heavy atom. The van der Waals surface area contributed by atoms with E-state index >= 15 is 0 Å². The number of rotatable bonds is 5. The minimum Gasteiger partial charge on any atom is -0.339 e. The molecule has 2 aromatic rings. The van der Waals surface area contributed by atoms with Crippen molar-refractivity contribution >= 4 is 17.7 Å². The van der Waals surface area contributed by atoms with Crippen molar-refractivity contribution in [2.75, 3.05) is 7.05 Å². The van der Waals surface area contributed by atoms with E-state index in [4.69, 9.17) is 5.73 Å². The molecule has 1 aromatic heterocycles. The Morgan fingerprint density at radius 1 is 1.32 bits per heavy atom. The van der Waals surface area contributed by atoms with Crippen LogP contribution in [0.4, 0.5) is 0 Å². The van der Waals surface area contributed by atoms with Gasteiger partial charge in [0.1, 0.15) is 0 Å². The molecule has 0 spiro atoms. The van der Waals surface area contributed by atoms with Gasteiger partial charge in [-0.05, 0) is 29.5 Å². The molecule has 2 rings (SSSR count). The maximum Gasteiger partial charge on any atom is 0.210 e. The van der Waals surface area contributed by atoms with Gasteiger partial charge in [-0.15, -0.1) is 11.3 Å². The van der Waals surface area contributed by atoms with Gasteiger partial charge in [0.05, 0.1) is 12.1 Å². The number of nitrogens with two attached hydrogens (primary N) is 1. The average Bonchev–Trinajstić information content (AvgIpc) is 2.86. The molecule has 2 N–H and O–H groups in total. The topological polar surface area (TPSA) is 46.3 Å². The van der Waals surface area contributed by atoms with Crippen molar-refractivity contribution in [1.82, 2.24) is 4.90 Å². The lowest BCUT2D eigenvalue weighted by Gasteiger charge is -2.29. The second-order valence-electron chi connectivity index (χ2n) is 4.68. The number of carbonyl (C=O) groups is 1. The van der Waals surface area contributed by atoms with E-state index in [1.807, 2.05) is 37.3 Å². The highest BCUT2D eigenvalue weighted by atomic mass is 32.1. The predicted octanol–water partition coefficient (Wildman–Crippen LogP) is 2.89. The van der Waals surface area contributed by atoms with Crippen LogP contribution in [0.1, 0.15) is 28.1 Å². The van der Waals surface area contributed by atoms with Crippen LogP contribution in [0.2, 0.25) is 0 Å². The number of hydrogen-bond acceptors (Lipinski definition) is 3. The van der Waals surface area contributed by atoms with Crippen LogP contribution in [0.15, 0.2) is 41.8 Å². The minimum absolute atomic E-state index is 0.126. The van der Waals surface area contributed by atoms with Gasteiger partial charge in [0.2, 0.25) is 6.41 Å². The summed E-state index contributed by atoms with van der Waals surface area (Å²) in [6, 6.07) is 11.6. The molecule has 1 aromatic carbocycles. The molecule has 1 amide bonds. The Hall–Kier alpha value is -1.65. The standard InChI is InChI=1S/C15H18N2OS/c1-11-8-13(19-9-11)15(17(2)10-18)14(16)12-6-4-3-5-7-12/h3-10,14-15H,16H2,1-2H3. The van der Waals surface area contributed by atoms with Crippen LogP contribution >= 0.6 is 11.3 Å². The summed E-state index contributed by atoms with van der Waals surface area (Å²) >= 11 is 1.64. The summed E-state index contributed by atoms with van der Waals surface area (Å²) in [7, 11) is 1.77. The fourth-order valence-electron chi connectivity index (χ4n) is 2.16. The Bertz CT molecular complexity index is 538.